The Morgan fingerprint density at radius 3 is 3.10 bits per heavy atom. The molecule has 3 aromatic rings. The Morgan fingerprint density at radius 1 is 1.38 bits per heavy atom. The van der Waals surface area contributed by atoms with Crippen molar-refractivity contribution in [3.8, 4) is 22.8 Å². The molecular weight excluding hydrogens is 292 g/mol. The van der Waals surface area contributed by atoms with Crippen molar-refractivity contribution in [1.82, 2.24) is 9.38 Å². The maximum atomic E-state index is 10.8. The lowest BCUT2D eigenvalue weighted by Crippen LogP contribution is -1.99. The number of benzene rings is 1. The Kier molecular flexibility index (Phi) is 2.61. The van der Waals surface area contributed by atoms with Crippen molar-refractivity contribution < 1.29 is 19.4 Å². The minimum Gasteiger partial charge on any atom is -0.481 e. The minimum atomic E-state index is -0.884. The first kappa shape index (κ1) is 12.2. The summed E-state index contributed by atoms with van der Waals surface area (Å²) in [4.78, 5) is 15.9. The predicted molar refractivity (Wildman–Crippen MR) is 76.0 cm³/mol. The number of imidazole rings is 1. The molecule has 0 amide bonds. The summed E-state index contributed by atoms with van der Waals surface area (Å²) >= 11 is 1.48. The molecule has 1 N–H and O–H groups in total. The van der Waals surface area contributed by atoms with Gasteiger partial charge in [0.05, 0.1) is 17.8 Å². The fourth-order valence-corrected chi connectivity index (χ4v) is 3.24. The fourth-order valence-electron chi connectivity index (χ4n) is 2.33. The number of carboxylic acids is 1. The molecule has 4 rings (SSSR count). The van der Waals surface area contributed by atoms with Crippen LogP contribution < -0.4 is 9.47 Å². The second kappa shape index (κ2) is 4.49. The first-order chi connectivity index (χ1) is 10.2. The van der Waals surface area contributed by atoms with Gasteiger partial charge in [-0.1, -0.05) is 0 Å². The zero-order chi connectivity index (χ0) is 14.4. The topological polar surface area (TPSA) is 73.1 Å². The quantitative estimate of drug-likeness (QED) is 0.804. The van der Waals surface area contributed by atoms with Gasteiger partial charge in [0.15, 0.2) is 16.5 Å². The summed E-state index contributed by atoms with van der Waals surface area (Å²) in [6.07, 6.45) is 1.69. The van der Waals surface area contributed by atoms with Crippen LogP contribution in [0.25, 0.3) is 16.2 Å². The van der Waals surface area contributed by atoms with E-state index in [0.29, 0.717) is 5.69 Å². The molecule has 3 heterocycles. The molecule has 1 aromatic carbocycles. The van der Waals surface area contributed by atoms with E-state index in [1.54, 1.807) is 6.20 Å². The molecule has 0 saturated heterocycles. The maximum absolute atomic E-state index is 10.8. The van der Waals surface area contributed by atoms with Crippen molar-refractivity contribution in [2.75, 3.05) is 6.79 Å². The molecule has 21 heavy (non-hydrogen) atoms. The highest BCUT2D eigenvalue weighted by Crippen LogP contribution is 2.37. The van der Waals surface area contributed by atoms with E-state index in [4.69, 9.17) is 14.6 Å². The van der Waals surface area contributed by atoms with Crippen LogP contribution in [0.1, 0.15) is 5.69 Å². The Labute approximate surface area is 123 Å². The molecule has 0 bridgehead atoms. The Morgan fingerprint density at radius 2 is 2.24 bits per heavy atom. The standard InChI is InChI=1S/C14H10N2O4S/c17-13(18)4-9-5-16-10(6-21-14(16)15-9)8-1-2-11-12(3-8)20-7-19-11/h1-3,5-6H,4,7H2,(H,17,18). The summed E-state index contributed by atoms with van der Waals surface area (Å²) in [7, 11) is 0. The van der Waals surface area contributed by atoms with Gasteiger partial charge in [-0.3, -0.25) is 9.20 Å². The van der Waals surface area contributed by atoms with Crippen molar-refractivity contribution in [3.63, 3.8) is 0 Å². The lowest BCUT2D eigenvalue weighted by atomic mass is 10.1. The molecule has 7 heteroatoms. The Hall–Kier alpha value is -2.54. The van der Waals surface area contributed by atoms with E-state index in [1.165, 1.54) is 11.3 Å². The van der Waals surface area contributed by atoms with Crippen LogP contribution in [-0.4, -0.2) is 27.3 Å². The average Bonchev–Trinajstić information content (AvgIpc) is 3.10. The first-order valence-corrected chi connectivity index (χ1v) is 7.16. The lowest BCUT2D eigenvalue weighted by Gasteiger charge is -2.01. The molecule has 106 valence electrons. The molecule has 0 radical (unpaired) electrons. The number of fused-ring (bicyclic) bond motifs is 2. The van der Waals surface area contributed by atoms with Gasteiger partial charge in [0.2, 0.25) is 6.79 Å². The van der Waals surface area contributed by atoms with Gasteiger partial charge >= 0.3 is 5.97 Å². The van der Waals surface area contributed by atoms with Gasteiger partial charge in [0.25, 0.3) is 0 Å². The van der Waals surface area contributed by atoms with Crippen LogP contribution in [0.15, 0.2) is 29.8 Å². The second-order valence-corrected chi connectivity index (χ2v) is 5.48. The van der Waals surface area contributed by atoms with E-state index in [9.17, 15) is 4.79 Å². The van der Waals surface area contributed by atoms with Crippen molar-refractivity contribution in [2.45, 2.75) is 6.42 Å². The maximum Gasteiger partial charge on any atom is 0.309 e. The normalized spacial score (nSPS) is 13.0. The first-order valence-electron chi connectivity index (χ1n) is 6.28. The number of hydrogen-bond donors (Lipinski definition) is 1. The summed E-state index contributed by atoms with van der Waals surface area (Å²) in [5.41, 5.74) is 2.48. The van der Waals surface area contributed by atoms with Crippen molar-refractivity contribution in [3.05, 3.63) is 35.5 Å². The molecule has 0 saturated carbocycles. The van der Waals surface area contributed by atoms with Crippen LogP contribution in [0.3, 0.4) is 0 Å². The number of aromatic nitrogens is 2. The van der Waals surface area contributed by atoms with E-state index in [-0.39, 0.29) is 13.2 Å². The van der Waals surface area contributed by atoms with Crippen LogP contribution in [0.2, 0.25) is 0 Å². The third-order valence-corrected chi connectivity index (χ3v) is 4.10. The zero-order valence-corrected chi connectivity index (χ0v) is 11.6. The van der Waals surface area contributed by atoms with Crippen LogP contribution in [-0.2, 0) is 11.2 Å². The Bertz CT molecular complexity index is 852. The molecule has 0 atom stereocenters. The average molecular weight is 302 g/mol. The van der Waals surface area contributed by atoms with E-state index >= 15 is 0 Å². The number of nitrogens with zero attached hydrogens (tertiary/aromatic N) is 2. The van der Waals surface area contributed by atoms with Crippen LogP contribution in [0.5, 0.6) is 11.5 Å². The molecule has 1 aliphatic rings. The lowest BCUT2D eigenvalue weighted by molar-refractivity contribution is -0.136. The Balaban J connectivity index is 1.79. The van der Waals surface area contributed by atoms with E-state index < -0.39 is 5.97 Å². The molecule has 1 aliphatic heterocycles. The van der Waals surface area contributed by atoms with Gasteiger partial charge in [-0.05, 0) is 18.2 Å². The van der Waals surface area contributed by atoms with Gasteiger partial charge in [-0.2, -0.15) is 0 Å². The third-order valence-electron chi connectivity index (χ3n) is 3.26. The van der Waals surface area contributed by atoms with Gasteiger partial charge < -0.3 is 14.6 Å². The van der Waals surface area contributed by atoms with Crippen molar-refractivity contribution in [1.29, 1.82) is 0 Å². The van der Waals surface area contributed by atoms with Gasteiger partial charge in [-0.25, -0.2) is 4.98 Å². The van der Waals surface area contributed by atoms with Gasteiger partial charge in [0, 0.05) is 17.1 Å². The van der Waals surface area contributed by atoms with Crippen LogP contribution in [0.4, 0.5) is 0 Å². The zero-order valence-electron chi connectivity index (χ0n) is 10.8. The number of rotatable bonds is 3. The second-order valence-electron chi connectivity index (χ2n) is 4.64. The predicted octanol–water partition coefficient (Wildman–Crippen LogP) is 2.42. The van der Waals surface area contributed by atoms with Crippen molar-refractivity contribution >= 4 is 22.3 Å². The summed E-state index contributed by atoms with van der Waals surface area (Å²) in [6.45, 7) is 0.242. The third kappa shape index (κ3) is 2.02. The molecule has 0 unspecified atom stereocenters. The van der Waals surface area contributed by atoms with E-state index in [2.05, 4.69) is 4.98 Å². The molecule has 0 fully saturated rings. The summed E-state index contributed by atoms with van der Waals surface area (Å²) < 4.78 is 12.6. The number of ether oxygens (including phenoxy) is 2. The summed E-state index contributed by atoms with van der Waals surface area (Å²) in [5, 5.41) is 10.8. The molecule has 0 aliphatic carbocycles. The number of hydrogen-bond acceptors (Lipinski definition) is 5. The fraction of sp³-hybridized carbons (Fsp3) is 0.143. The van der Waals surface area contributed by atoms with Crippen LogP contribution >= 0.6 is 11.3 Å². The molecular formula is C14H10N2O4S. The number of thiazole rings is 1. The SMILES string of the molecule is O=C(O)Cc1cn2c(-c3ccc4c(c3)OCO4)csc2n1. The van der Waals surface area contributed by atoms with E-state index in [0.717, 1.165) is 27.7 Å². The largest absolute Gasteiger partial charge is 0.481 e. The molecule has 2 aromatic heterocycles. The summed E-state index contributed by atoms with van der Waals surface area (Å²) in [5.74, 6) is 0.575. The minimum absolute atomic E-state index is 0.0744. The highest BCUT2D eigenvalue weighted by Gasteiger charge is 2.16. The van der Waals surface area contributed by atoms with Gasteiger partial charge in [-0.15, -0.1) is 11.3 Å². The molecule has 6 nitrogen and oxygen atoms in total. The summed E-state index contributed by atoms with van der Waals surface area (Å²) in [6, 6.07) is 5.74. The van der Waals surface area contributed by atoms with E-state index in [1.807, 2.05) is 28.0 Å². The van der Waals surface area contributed by atoms with Crippen molar-refractivity contribution in [2.24, 2.45) is 0 Å². The monoisotopic (exact) mass is 302 g/mol. The number of carbonyl (C=O) groups is 1. The number of aliphatic carboxylic acids is 1. The van der Waals surface area contributed by atoms with Crippen LogP contribution in [0, 0.1) is 0 Å². The number of carboxylic acid groups (broad SMARTS) is 1. The smallest absolute Gasteiger partial charge is 0.309 e. The molecule has 0 spiro atoms. The highest BCUT2D eigenvalue weighted by molar-refractivity contribution is 7.15. The van der Waals surface area contributed by atoms with Gasteiger partial charge in [0.1, 0.15) is 0 Å². The highest BCUT2D eigenvalue weighted by atomic mass is 32.1.